The number of ether oxygens (including phenoxy) is 1. The third-order valence-corrected chi connectivity index (χ3v) is 6.20. The van der Waals surface area contributed by atoms with E-state index < -0.39 is 17.5 Å². The van der Waals surface area contributed by atoms with Crippen molar-refractivity contribution in [3.8, 4) is 0 Å². The third kappa shape index (κ3) is 4.00. The fourth-order valence-corrected chi connectivity index (χ4v) is 4.43. The number of fused-ring (bicyclic) bond motifs is 3. The Bertz CT molecular complexity index is 1420. The number of anilines is 1. The van der Waals surface area contributed by atoms with Gasteiger partial charge in [0.1, 0.15) is 12.2 Å². The number of benzene rings is 3. The SMILES string of the molecule is CCc1ccc(N2CC(C(=O)OCc3cc(=O)oc4ccc5ccccc5c34)CC2=O)cc1. The summed E-state index contributed by atoms with van der Waals surface area (Å²) >= 11 is 0. The largest absolute Gasteiger partial charge is 0.461 e. The van der Waals surface area contributed by atoms with Gasteiger partial charge in [0.05, 0.1) is 5.92 Å². The van der Waals surface area contributed by atoms with Gasteiger partial charge in [-0.3, -0.25) is 9.59 Å². The van der Waals surface area contributed by atoms with Crippen LogP contribution in [0.3, 0.4) is 0 Å². The highest BCUT2D eigenvalue weighted by Gasteiger charge is 2.36. The molecule has 1 aromatic heterocycles. The molecular weight excluding hydrogens is 418 g/mol. The molecular formula is C27H23NO5. The van der Waals surface area contributed by atoms with Crippen molar-refractivity contribution in [3.05, 3.63) is 88.3 Å². The molecule has 1 atom stereocenters. The van der Waals surface area contributed by atoms with Crippen LogP contribution >= 0.6 is 0 Å². The second kappa shape index (κ2) is 8.54. The van der Waals surface area contributed by atoms with Gasteiger partial charge in [0, 0.05) is 35.7 Å². The number of hydrogen-bond donors (Lipinski definition) is 0. The number of nitrogens with zero attached hydrogens (tertiary/aromatic N) is 1. The van der Waals surface area contributed by atoms with E-state index in [1.165, 1.54) is 11.6 Å². The summed E-state index contributed by atoms with van der Waals surface area (Å²) in [6.07, 6.45) is 1.03. The molecule has 6 heteroatoms. The van der Waals surface area contributed by atoms with Crippen molar-refractivity contribution in [2.75, 3.05) is 11.4 Å². The monoisotopic (exact) mass is 441 g/mol. The topological polar surface area (TPSA) is 76.8 Å². The van der Waals surface area contributed by atoms with Crippen molar-refractivity contribution in [2.24, 2.45) is 5.92 Å². The van der Waals surface area contributed by atoms with Gasteiger partial charge in [0.15, 0.2) is 0 Å². The van der Waals surface area contributed by atoms with E-state index in [9.17, 15) is 14.4 Å². The molecule has 1 saturated heterocycles. The molecule has 1 aliphatic rings. The molecule has 4 aromatic rings. The summed E-state index contributed by atoms with van der Waals surface area (Å²) in [5, 5.41) is 2.67. The molecule has 1 unspecified atom stereocenters. The average molecular weight is 441 g/mol. The zero-order valence-electron chi connectivity index (χ0n) is 18.2. The smallest absolute Gasteiger partial charge is 0.336 e. The van der Waals surface area contributed by atoms with Gasteiger partial charge in [-0.15, -0.1) is 0 Å². The van der Waals surface area contributed by atoms with Crippen LogP contribution in [0.25, 0.3) is 21.7 Å². The van der Waals surface area contributed by atoms with E-state index in [1.54, 1.807) is 11.0 Å². The van der Waals surface area contributed by atoms with Crippen LogP contribution in [0.1, 0.15) is 24.5 Å². The molecule has 0 N–H and O–H groups in total. The van der Waals surface area contributed by atoms with Gasteiger partial charge >= 0.3 is 11.6 Å². The normalized spacial score (nSPS) is 16.0. The number of amides is 1. The second-order valence-electron chi connectivity index (χ2n) is 8.28. The van der Waals surface area contributed by atoms with Crippen molar-refractivity contribution in [1.82, 2.24) is 0 Å². The van der Waals surface area contributed by atoms with E-state index >= 15 is 0 Å². The Balaban J connectivity index is 1.35. The van der Waals surface area contributed by atoms with Crippen LogP contribution in [0.5, 0.6) is 0 Å². The summed E-state index contributed by atoms with van der Waals surface area (Å²) in [6, 6.07) is 20.6. The Morgan fingerprint density at radius 2 is 1.85 bits per heavy atom. The molecule has 166 valence electrons. The van der Waals surface area contributed by atoms with E-state index in [-0.39, 0.29) is 25.5 Å². The Morgan fingerprint density at radius 1 is 1.06 bits per heavy atom. The highest BCUT2D eigenvalue weighted by Crippen LogP contribution is 2.29. The maximum Gasteiger partial charge on any atom is 0.336 e. The summed E-state index contributed by atoms with van der Waals surface area (Å²) in [5.74, 6) is -1.10. The lowest BCUT2D eigenvalue weighted by atomic mass is 10.0. The molecule has 33 heavy (non-hydrogen) atoms. The minimum absolute atomic E-state index is 0.0647. The average Bonchev–Trinajstić information content (AvgIpc) is 3.23. The maximum absolute atomic E-state index is 12.8. The molecule has 0 aliphatic carbocycles. The molecule has 1 fully saturated rings. The molecule has 3 aromatic carbocycles. The highest BCUT2D eigenvalue weighted by molar-refractivity contribution is 6.07. The predicted molar refractivity (Wildman–Crippen MR) is 126 cm³/mol. The van der Waals surface area contributed by atoms with Crippen LogP contribution in [0, 0.1) is 5.92 Å². The van der Waals surface area contributed by atoms with Gasteiger partial charge in [-0.05, 0) is 41.0 Å². The number of aryl methyl sites for hydroxylation is 1. The lowest BCUT2D eigenvalue weighted by Gasteiger charge is -2.17. The predicted octanol–water partition coefficient (Wildman–Crippen LogP) is 4.60. The standard InChI is InChI=1S/C27H23NO5/c1-2-17-7-10-21(11-8-17)28-15-19(13-24(28)29)27(31)32-16-20-14-25(30)33-23-12-9-18-5-3-4-6-22(18)26(20)23/h3-12,14,19H,2,13,15-16H2,1H3. The van der Waals surface area contributed by atoms with Crippen molar-refractivity contribution < 1.29 is 18.7 Å². The van der Waals surface area contributed by atoms with E-state index in [0.717, 1.165) is 28.3 Å². The van der Waals surface area contributed by atoms with Gasteiger partial charge < -0.3 is 14.1 Å². The first-order chi connectivity index (χ1) is 16.0. The number of hydrogen-bond acceptors (Lipinski definition) is 5. The number of esters is 1. The molecule has 0 radical (unpaired) electrons. The van der Waals surface area contributed by atoms with E-state index in [4.69, 9.17) is 9.15 Å². The van der Waals surface area contributed by atoms with Crippen LogP contribution in [0.4, 0.5) is 5.69 Å². The van der Waals surface area contributed by atoms with E-state index in [0.29, 0.717) is 11.1 Å². The van der Waals surface area contributed by atoms with Crippen LogP contribution in [0.2, 0.25) is 0 Å². The molecule has 6 nitrogen and oxygen atoms in total. The Morgan fingerprint density at radius 3 is 2.64 bits per heavy atom. The van der Waals surface area contributed by atoms with Gasteiger partial charge in [0.25, 0.3) is 0 Å². The van der Waals surface area contributed by atoms with Gasteiger partial charge in [-0.1, -0.05) is 49.4 Å². The van der Waals surface area contributed by atoms with Crippen molar-refractivity contribution in [3.63, 3.8) is 0 Å². The van der Waals surface area contributed by atoms with Crippen LogP contribution < -0.4 is 10.5 Å². The fraction of sp³-hybridized carbons (Fsp3) is 0.222. The maximum atomic E-state index is 12.8. The summed E-state index contributed by atoms with van der Waals surface area (Å²) in [4.78, 5) is 39.1. The minimum Gasteiger partial charge on any atom is -0.461 e. The molecule has 1 aliphatic heterocycles. The first-order valence-electron chi connectivity index (χ1n) is 11.0. The quantitative estimate of drug-likeness (QED) is 0.257. The number of rotatable bonds is 5. The molecule has 2 heterocycles. The molecule has 1 amide bonds. The van der Waals surface area contributed by atoms with Gasteiger partial charge in [-0.2, -0.15) is 0 Å². The van der Waals surface area contributed by atoms with Crippen molar-refractivity contribution in [1.29, 1.82) is 0 Å². The first-order valence-corrected chi connectivity index (χ1v) is 11.0. The summed E-state index contributed by atoms with van der Waals surface area (Å²) in [7, 11) is 0. The Kier molecular flexibility index (Phi) is 5.42. The summed E-state index contributed by atoms with van der Waals surface area (Å²) in [5.41, 5.74) is 2.51. The summed E-state index contributed by atoms with van der Waals surface area (Å²) < 4.78 is 11.0. The molecule has 5 rings (SSSR count). The van der Waals surface area contributed by atoms with E-state index in [2.05, 4.69) is 6.92 Å². The number of carbonyl (C=O) groups excluding carboxylic acids is 2. The number of carbonyl (C=O) groups is 2. The minimum atomic E-state index is -0.550. The summed E-state index contributed by atoms with van der Waals surface area (Å²) in [6.45, 7) is 2.29. The van der Waals surface area contributed by atoms with Crippen LogP contribution in [0.15, 0.2) is 75.9 Å². The molecule has 0 spiro atoms. The highest BCUT2D eigenvalue weighted by atomic mass is 16.5. The lowest BCUT2D eigenvalue weighted by molar-refractivity contribution is -0.149. The van der Waals surface area contributed by atoms with Crippen molar-refractivity contribution >= 4 is 39.3 Å². The van der Waals surface area contributed by atoms with Gasteiger partial charge in [-0.25, -0.2) is 4.79 Å². The third-order valence-electron chi connectivity index (χ3n) is 6.20. The Hall–Kier alpha value is -3.93. The fourth-order valence-electron chi connectivity index (χ4n) is 4.43. The van der Waals surface area contributed by atoms with Crippen LogP contribution in [-0.4, -0.2) is 18.4 Å². The Labute approximate surface area is 190 Å². The van der Waals surface area contributed by atoms with Gasteiger partial charge in [0.2, 0.25) is 5.91 Å². The first kappa shape index (κ1) is 20.9. The van der Waals surface area contributed by atoms with Crippen LogP contribution in [-0.2, 0) is 27.4 Å². The van der Waals surface area contributed by atoms with E-state index in [1.807, 2.05) is 54.6 Å². The molecule has 0 bridgehead atoms. The lowest BCUT2D eigenvalue weighted by Crippen LogP contribution is -2.26. The molecule has 0 saturated carbocycles. The zero-order chi connectivity index (χ0) is 22.9. The van der Waals surface area contributed by atoms with Crippen molar-refractivity contribution in [2.45, 2.75) is 26.4 Å². The second-order valence-corrected chi connectivity index (χ2v) is 8.28. The zero-order valence-corrected chi connectivity index (χ0v) is 18.2.